The molecule has 7 heteroatoms. The molecule has 0 spiro atoms. The zero-order valence-electron chi connectivity index (χ0n) is 12.5. The van der Waals surface area contributed by atoms with Gasteiger partial charge in [-0.2, -0.15) is 5.26 Å². The molecule has 2 aromatic rings. The van der Waals surface area contributed by atoms with Crippen molar-refractivity contribution in [2.45, 2.75) is 18.4 Å². The van der Waals surface area contributed by atoms with Crippen LogP contribution in [0.15, 0.2) is 36.7 Å². The monoisotopic (exact) mass is 325 g/mol. The predicted molar refractivity (Wildman–Crippen MR) is 90.2 cm³/mol. The maximum Gasteiger partial charge on any atom is 0.172 e. The first-order valence-electron chi connectivity index (χ1n) is 7.14. The zero-order valence-corrected chi connectivity index (χ0v) is 13.3. The van der Waals surface area contributed by atoms with E-state index in [0.29, 0.717) is 16.5 Å². The first-order chi connectivity index (χ1) is 11.2. The molecule has 2 aromatic heterocycles. The fourth-order valence-electron chi connectivity index (χ4n) is 2.42. The quantitative estimate of drug-likeness (QED) is 0.834. The van der Waals surface area contributed by atoms with Crippen molar-refractivity contribution in [2.75, 3.05) is 12.4 Å². The van der Waals surface area contributed by atoms with Gasteiger partial charge < -0.3 is 15.4 Å². The van der Waals surface area contributed by atoms with Crippen LogP contribution in [-0.2, 0) is 0 Å². The SMILES string of the molecule is COc1cccnc1C1CC1NC(=S)Nc1ncccc1C#N. The highest BCUT2D eigenvalue weighted by Gasteiger charge is 2.41. The molecule has 1 fully saturated rings. The van der Waals surface area contributed by atoms with Gasteiger partial charge in [-0.15, -0.1) is 0 Å². The Balaban J connectivity index is 1.61. The van der Waals surface area contributed by atoms with Gasteiger partial charge in [0.05, 0.1) is 18.4 Å². The van der Waals surface area contributed by atoms with Crippen LogP contribution in [0.1, 0.15) is 23.6 Å². The number of rotatable bonds is 4. The highest BCUT2D eigenvalue weighted by atomic mass is 32.1. The normalized spacial score (nSPS) is 18.6. The van der Waals surface area contributed by atoms with E-state index in [-0.39, 0.29) is 12.0 Å². The van der Waals surface area contributed by atoms with Gasteiger partial charge in [0.1, 0.15) is 17.6 Å². The predicted octanol–water partition coefficient (Wildman–Crippen LogP) is 2.20. The summed E-state index contributed by atoms with van der Waals surface area (Å²) >= 11 is 5.30. The summed E-state index contributed by atoms with van der Waals surface area (Å²) in [5.41, 5.74) is 1.39. The van der Waals surface area contributed by atoms with Gasteiger partial charge in [-0.05, 0) is 42.9 Å². The molecule has 0 saturated heterocycles. The van der Waals surface area contributed by atoms with Gasteiger partial charge in [0, 0.05) is 24.4 Å². The lowest BCUT2D eigenvalue weighted by Gasteiger charge is -2.11. The number of pyridine rings is 2. The number of anilines is 1. The van der Waals surface area contributed by atoms with E-state index in [4.69, 9.17) is 22.2 Å². The molecule has 6 nitrogen and oxygen atoms in total. The van der Waals surface area contributed by atoms with E-state index in [1.165, 1.54) is 0 Å². The standard InChI is InChI=1S/C16H15N5OS/c1-22-13-5-3-6-18-14(13)11-8-12(11)20-16(23)21-15-10(9-17)4-2-7-19-15/h2-7,11-12H,8H2,1H3,(H2,19,20,21,23). The van der Waals surface area contributed by atoms with Crippen molar-refractivity contribution in [3.8, 4) is 11.8 Å². The summed E-state index contributed by atoms with van der Waals surface area (Å²) in [6, 6.07) is 9.44. The van der Waals surface area contributed by atoms with Crippen molar-refractivity contribution in [2.24, 2.45) is 0 Å². The van der Waals surface area contributed by atoms with Crippen LogP contribution < -0.4 is 15.4 Å². The zero-order chi connectivity index (χ0) is 16.2. The summed E-state index contributed by atoms with van der Waals surface area (Å²) in [6.45, 7) is 0. The molecule has 2 heterocycles. The second-order valence-corrected chi connectivity index (χ2v) is 5.56. The van der Waals surface area contributed by atoms with E-state index in [2.05, 4.69) is 26.7 Å². The van der Waals surface area contributed by atoms with E-state index in [1.54, 1.807) is 31.6 Å². The Kier molecular flexibility index (Phi) is 4.35. The lowest BCUT2D eigenvalue weighted by molar-refractivity contribution is 0.406. The Morgan fingerprint density at radius 1 is 1.35 bits per heavy atom. The molecule has 23 heavy (non-hydrogen) atoms. The first-order valence-corrected chi connectivity index (χ1v) is 7.55. The number of hydrogen-bond acceptors (Lipinski definition) is 5. The van der Waals surface area contributed by atoms with E-state index in [9.17, 15) is 0 Å². The van der Waals surface area contributed by atoms with E-state index in [1.807, 2.05) is 12.1 Å². The number of methoxy groups -OCH3 is 1. The topological polar surface area (TPSA) is 82.9 Å². The molecule has 0 aliphatic heterocycles. The Morgan fingerprint density at radius 2 is 2.13 bits per heavy atom. The molecule has 3 rings (SSSR count). The summed E-state index contributed by atoms with van der Waals surface area (Å²) in [5, 5.41) is 15.7. The molecule has 2 unspecified atom stereocenters. The molecule has 1 saturated carbocycles. The molecule has 0 amide bonds. The molecule has 116 valence electrons. The number of ether oxygens (including phenoxy) is 1. The molecular weight excluding hydrogens is 310 g/mol. The molecular formula is C16H15N5OS. The van der Waals surface area contributed by atoms with Crippen molar-refractivity contribution in [1.29, 1.82) is 5.26 Å². The largest absolute Gasteiger partial charge is 0.495 e. The Labute approximate surface area is 139 Å². The van der Waals surface area contributed by atoms with E-state index >= 15 is 0 Å². The first kappa shape index (κ1) is 15.2. The van der Waals surface area contributed by atoms with Gasteiger partial charge in [-0.1, -0.05) is 0 Å². The lowest BCUT2D eigenvalue weighted by atomic mass is 10.2. The molecule has 1 aliphatic rings. The number of nitrogens with zero attached hydrogens (tertiary/aromatic N) is 3. The summed E-state index contributed by atoms with van der Waals surface area (Å²) in [5.74, 6) is 1.52. The minimum absolute atomic E-state index is 0.202. The van der Waals surface area contributed by atoms with Crippen LogP contribution in [0.4, 0.5) is 5.82 Å². The summed E-state index contributed by atoms with van der Waals surface area (Å²) in [6.07, 6.45) is 4.31. The molecule has 0 bridgehead atoms. The van der Waals surface area contributed by atoms with Gasteiger partial charge in [-0.25, -0.2) is 4.98 Å². The maximum atomic E-state index is 9.06. The van der Waals surface area contributed by atoms with Crippen LogP contribution in [0, 0.1) is 11.3 Å². The fraction of sp³-hybridized carbons (Fsp3) is 0.250. The van der Waals surface area contributed by atoms with E-state index in [0.717, 1.165) is 17.9 Å². The van der Waals surface area contributed by atoms with Crippen molar-refractivity contribution in [1.82, 2.24) is 15.3 Å². The second kappa shape index (κ2) is 6.58. The number of nitrogens with one attached hydrogen (secondary N) is 2. The van der Waals surface area contributed by atoms with Gasteiger partial charge in [0.2, 0.25) is 0 Å². The van der Waals surface area contributed by atoms with Crippen molar-refractivity contribution < 1.29 is 4.74 Å². The fourth-order valence-corrected chi connectivity index (χ4v) is 2.67. The van der Waals surface area contributed by atoms with E-state index < -0.39 is 0 Å². The average Bonchev–Trinajstić information content (AvgIpc) is 3.34. The third-order valence-electron chi connectivity index (χ3n) is 3.64. The molecule has 1 aliphatic carbocycles. The number of thiocarbonyl (C=S) groups is 1. The van der Waals surface area contributed by atoms with Crippen molar-refractivity contribution in [3.63, 3.8) is 0 Å². The highest BCUT2D eigenvalue weighted by Crippen LogP contribution is 2.43. The second-order valence-electron chi connectivity index (χ2n) is 5.15. The number of hydrogen-bond donors (Lipinski definition) is 2. The van der Waals surface area contributed by atoms with Crippen LogP contribution in [0.25, 0.3) is 0 Å². The Morgan fingerprint density at radius 3 is 2.91 bits per heavy atom. The van der Waals surface area contributed by atoms with Crippen LogP contribution >= 0.6 is 12.2 Å². The maximum absolute atomic E-state index is 9.06. The van der Waals surface area contributed by atoms with Crippen LogP contribution in [0.5, 0.6) is 5.75 Å². The van der Waals surface area contributed by atoms with Crippen LogP contribution in [-0.4, -0.2) is 28.2 Å². The minimum atomic E-state index is 0.202. The smallest absolute Gasteiger partial charge is 0.172 e. The summed E-state index contributed by atoms with van der Waals surface area (Å²) in [7, 11) is 1.64. The van der Waals surface area contributed by atoms with Crippen molar-refractivity contribution in [3.05, 3.63) is 47.9 Å². The van der Waals surface area contributed by atoms with Crippen molar-refractivity contribution >= 4 is 23.1 Å². The lowest BCUT2D eigenvalue weighted by Crippen LogP contribution is -2.31. The highest BCUT2D eigenvalue weighted by molar-refractivity contribution is 7.80. The molecule has 0 aromatic carbocycles. The van der Waals surface area contributed by atoms with Gasteiger partial charge in [0.25, 0.3) is 0 Å². The van der Waals surface area contributed by atoms with Crippen LogP contribution in [0.2, 0.25) is 0 Å². The van der Waals surface area contributed by atoms with Gasteiger partial charge in [0.15, 0.2) is 5.11 Å². The Bertz CT molecular complexity index is 773. The minimum Gasteiger partial charge on any atom is -0.495 e. The van der Waals surface area contributed by atoms with Gasteiger partial charge >= 0.3 is 0 Å². The third kappa shape index (κ3) is 3.38. The number of aromatic nitrogens is 2. The average molecular weight is 325 g/mol. The summed E-state index contributed by atoms with van der Waals surface area (Å²) in [4.78, 5) is 8.52. The van der Waals surface area contributed by atoms with Crippen LogP contribution in [0.3, 0.4) is 0 Å². The van der Waals surface area contributed by atoms with Gasteiger partial charge in [-0.3, -0.25) is 4.98 Å². The Hall–Kier alpha value is -2.72. The number of nitriles is 1. The third-order valence-corrected chi connectivity index (χ3v) is 3.86. The summed E-state index contributed by atoms with van der Waals surface area (Å²) < 4.78 is 5.34. The molecule has 2 atom stereocenters. The molecule has 2 N–H and O–H groups in total. The molecule has 0 radical (unpaired) electrons.